The minimum absolute atomic E-state index is 0.193. The number of benzene rings is 1. The maximum atomic E-state index is 10.9. The van der Waals surface area contributed by atoms with Crippen LogP contribution >= 0.6 is 31.9 Å². The highest BCUT2D eigenvalue weighted by molar-refractivity contribution is 9.11. The Balaban J connectivity index is 2.58. The number of nitrogens with zero attached hydrogens (tertiary/aromatic N) is 3. The van der Waals surface area contributed by atoms with E-state index in [9.17, 15) is 4.79 Å². The molecule has 0 aliphatic heterocycles. The molecule has 2 aromatic rings. The summed E-state index contributed by atoms with van der Waals surface area (Å²) in [5.41, 5.74) is 0.759. The summed E-state index contributed by atoms with van der Waals surface area (Å²) < 4.78 is 3.28. The van der Waals surface area contributed by atoms with Crippen LogP contribution in [0.25, 0.3) is 5.69 Å². The van der Waals surface area contributed by atoms with Crippen molar-refractivity contribution in [2.45, 2.75) is 13.3 Å². The number of rotatable bonds is 3. The number of aromatic carboxylic acids is 1. The fraction of sp³-hybridized carbons (Fsp3) is 0.182. The van der Waals surface area contributed by atoms with Gasteiger partial charge >= 0.3 is 5.97 Å². The first kappa shape index (κ1) is 13.2. The second kappa shape index (κ2) is 5.19. The molecule has 0 amide bonds. The fourth-order valence-corrected chi connectivity index (χ4v) is 2.72. The van der Waals surface area contributed by atoms with E-state index in [2.05, 4.69) is 41.9 Å². The topological polar surface area (TPSA) is 68.0 Å². The highest BCUT2D eigenvalue weighted by atomic mass is 79.9. The van der Waals surface area contributed by atoms with Gasteiger partial charge in [0.1, 0.15) is 5.82 Å². The molecule has 2 rings (SSSR count). The Morgan fingerprint density at radius 2 is 2.17 bits per heavy atom. The third-order valence-electron chi connectivity index (χ3n) is 2.32. The monoisotopic (exact) mass is 373 g/mol. The quantitative estimate of drug-likeness (QED) is 0.896. The van der Waals surface area contributed by atoms with Crippen LogP contribution in [0.5, 0.6) is 0 Å². The molecule has 7 heteroatoms. The van der Waals surface area contributed by atoms with E-state index in [1.807, 2.05) is 25.1 Å². The summed E-state index contributed by atoms with van der Waals surface area (Å²) >= 11 is 6.79. The van der Waals surface area contributed by atoms with Crippen LogP contribution in [0.3, 0.4) is 0 Å². The summed E-state index contributed by atoms with van der Waals surface area (Å²) in [5.74, 6) is -0.714. The summed E-state index contributed by atoms with van der Waals surface area (Å²) in [6, 6.07) is 5.58. The lowest BCUT2D eigenvalue weighted by molar-refractivity contribution is 0.0683. The summed E-state index contributed by atoms with van der Waals surface area (Å²) in [5, 5.41) is 12.9. The molecular formula is C11H9Br2N3O2. The highest BCUT2D eigenvalue weighted by Crippen LogP contribution is 2.25. The van der Waals surface area contributed by atoms with Gasteiger partial charge in [0.05, 0.1) is 5.69 Å². The summed E-state index contributed by atoms with van der Waals surface area (Å²) in [6.07, 6.45) is 0.600. The number of carboxylic acid groups (broad SMARTS) is 1. The van der Waals surface area contributed by atoms with Gasteiger partial charge in [-0.2, -0.15) is 0 Å². The largest absolute Gasteiger partial charge is 0.475 e. The molecule has 0 spiro atoms. The summed E-state index contributed by atoms with van der Waals surface area (Å²) in [7, 11) is 0. The van der Waals surface area contributed by atoms with Crippen LogP contribution in [0.2, 0.25) is 0 Å². The molecule has 0 radical (unpaired) electrons. The summed E-state index contributed by atoms with van der Waals surface area (Å²) in [4.78, 5) is 14.9. The molecule has 0 aliphatic carbocycles. The molecule has 0 bridgehead atoms. The van der Waals surface area contributed by atoms with Crippen LogP contribution in [-0.4, -0.2) is 25.8 Å². The molecule has 1 aromatic carbocycles. The molecule has 1 N–H and O–H groups in total. The fourth-order valence-electron chi connectivity index (χ4n) is 1.51. The van der Waals surface area contributed by atoms with Crippen molar-refractivity contribution < 1.29 is 9.90 Å². The van der Waals surface area contributed by atoms with Crippen LogP contribution < -0.4 is 0 Å². The number of halogens is 2. The predicted octanol–water partition coefficient (Wildman–Crippen LogP) is 3.05. The van der Waals surface area contributed by atoms with E-state index in [0.29, 0.717) is 12.2 Å². The van der Waals surface area contributed by atoms with Crippen molar-refractivity contribution in [2.24, 2.45) is 0 Å². The molecule has 5 nitrogen and oxygen atoms in total. The number of carboxylic acids is 1. The zero-order chi connectivity index (χ0) is 13.3. The average molecular weight is 375 g/mol. The van der Waals surface area contributed by atoms with Crippen molar-refractivity contribution in [3.8, 4) is 5.69 Å². The van der Waals surface area contributed by atoms with Gasteiger partial charge in [-0.3, -0.25) is 0 Å². The first-order valence-electron chi connectivity index (χ1n) is 5.17. The van der Waals surface area contributed by atoms with Gasteiger partial charge in [-0.1, -0.05) is 22.9 Å². The lowest BCUT2D eigenvalue weighted by atomic mass is 10.3. The third-order valence-corrected chi connectivity index (χ3v) is 3.45. The second-order valence-corrected chi connectivity index (χ2v) is 5.29. The number of aryl methyl sites for hydroxylation is 1. The lowest BCUT2D eigenvalue weighted by Gasteiger charge is -2.06. The van der Waals surface area contributed by atoms with Crippen molar-refractivity contribution in [1.82, 2.24) is 14.8 Å². The number of hydrogen-bond acceptors (Lipinski definition) is 3. The van der Waals surface area contributed by atoms with Gasteiger partial charge < -0.3 is 5.11 Å². The van der Waals surface area contributed by atoms with Gasteiger partial charge in [-0.25, -0.2) is 14.5 Å². The predicted molar refractivity (Wildman–Crippen MR) is 73.1 cm³/mol. The number of hydrogen-bond donors (Lipinski definition) is 1. The first-order chi connectivity index (χ1) is 8.52. The van der Waals surface area contributed by atoms with Crippen molar-refractivity contribution >= 4 is 37.8 Å². The lowest BCUT2D eigenvalue weighted by Crippen LogP contribution is -2.04. The third kappa shape index (κ3) is 2.46. The van der Waals surface area contributed by atoms with Gasteiger partial charge in [-0.15, -0.1) is 5.10 Å². The standard InChI is InChI=1S/C11H9Br2N3O2/c1-2-9-14-10(11(17)18)15-16(9)8-4-3-6(12)5-7(8)13/h3-5H,2H2,1H3,(H,17,18). The Morgan fingerprint density at radius 1 is 1.44 bits per heavy atom. The Hall–Kier alpha value is -1.21. The normalized spacial score (nSPS) is 10.6. The van der Waals surface area contributed by atoms with Crippen LogP contribution in [0.1, 0.15) is 23.4 Å². The van der Waals surface area contributed by atoms with E-state index in [-0.39, 0.29) is 5.82 Å². The van der Waals surface area contributed by atoms with Crippen molar-refractivity contribution in [1.29, 1.82) is 0 Å². The molecule has 0 unspecified atom stereocenters. The van der Waals surface area contributed by atoms with Gasteiger partial charge in [0.15, 0.2) is 0 Å². The van der Waals surface area contributed by atoms with E-state index < -0.39 is 5.97 Å². The average Bonchev–Trinajstić information content (AvgIpc) is 2.73. The maximum absolute atomic E-state index is 10.9. The second-order valence-electron chi connectivity index (χ2n) is 3.52. The van der Waals surface area contributed by atoms with Gasteiger partial charge in [-0.05, 0) is 34.1 Å². The molecule has 0 fully saturated rings. The van der Waals surface area contributed by atoms with E-state index >= 15 is 0 Å². The maximum Gasteiger partial charge on any atom is 0.375 e. The molecule has 18 heavy (non-hydrogen) atoms. The summed E-state index contributed by atoms with van der Waals surface area (Å²) in [6.45, 7) is 1.90. The minimum atomic E-state index is -1.13. The zero-order valence-corrected chi connectivity index (χ0v) is 12.6. The number of carbonyl (C=O) groups is 1. The SMILES string of the molecule is CCc1nc(C(=O)O)nn1-c1ccc(Br)cc1Br. The van der Waals surface area contributed by atoms with Gasteiger partial charge in [0, 0.05) is 15.4 Å². The Bertz CT molecular complexity index is 610. The van der Waals surface area contributed by atoms with Crippen molar-refractivity contribution in [3.63, 3.8) is 0 Å². The van der Waals surface area contributed by atoms with Crippen LogP contribution in [0.15, 0.2) is 27.1 Å². The van der Waals surface area contributed by atoms with E-state index in [1.165, 1.54) is 0 Å². The molecule has 0 saturated heterocycles. The highest BCUT2D eigenvalue weighted by Gasteiger charge is 2.16. The first-order valence-corrected chi connectivity index (χ1v) is 6.76. The van der Waals surface area contributed by atoms with E-state index in [4.69, 9.17) is 5.11 Å². The Kier molecular flexibility index (Phi) is 3.82. The smallest absolute Gasteiger partial charge is 0.375 e. The van der Waals surface area contributed by atoms with Gasteiger partial charge in [0.25, 0.3) is 5.82 Å². The Morgan fingerprint density at radius 3 is 2.72 bits per heavy atom. The van der Waals surface area contributed by atoms with Crippen LogP contribution in [0.4, 0.5) is 0 Å². The molecule has 0 saturated carbocycles. The van der Waals surface area contributed by atoms with Crippen molar-refractivity contribution in [2.75, 3.05) is 0 Å². The molecule has 0 atom stereocenters. The van der Waals surface area contributed by atoms with E-state index in [0.717, 1.165) is 14.6 Å². The molecule has 1 aromatic heterocycles. The zero-order valence-electron chi connectivity index (χ0n) is 9.39. The molecular weight excluding hydrogens is 366 g/mol. The molecule has 0 aliphatic rings. The van der Waals surface area contributed by atoms with Gasteiger partial charge in [0.2, 0.25) is 0 Å². The van der Waals surface area contributed by atoms with E-state index in [1.54, 1.807) is 4.68 Å². The van der Waals surface area contributed by atoms with Crippen LogP contribution in [-0.2, 0) is 6.42 Å². The number of aromatic nitrogens is 3. The van der Waals surface area contributed by atoms with Crippen LogP contribution in [0, 0.1) is 0 Å². The minimum Gasteiger partial charge on any atom is -0.475 e. The molecule has 1 heterocycles. The molecule has 94 valence electrons. The van der Waals surface area contributed by atoms with Crippen molar-refractivity contribution in [3.05, 3.63) is 38.8 Å². The Labute approximate surface area is 120 Å².